The van der Waals surface area contributed by atoms with Gasteiger partial charge in [0, 0.05) is 57.3 Å². The molecule has 8 aromatic rings. The van der Waals surface area contributed by atoms with Gasteiger partial charge in [-0.15, -0.1) is 0 Å². The Bertz CT molecular complexity index is 2410. The van der Waals surface area contributed by atoms with E-state index in [0.29, 0.717) is 15.7 Å². The second kappa shape index (κ2) is 13.9. The Morgan fingerprint density at radius 1 is 0.633 bits per heavy atom. The summed E-state index contributed by atoms with van der Waals surface area (Å²) in [6, 6.07) is 29.9. The molecule has 242 valence electrons. The Morgan fingerprint density at radius 3 is 1.65 bits per heavy atom. The lowest BCUT2D eigenvalue weighted by Crippen LogP contribution is -1.97. The second-order valence-corrected chi connectivity index (χ2v) is 11.7. The summed E-state index contributed by atoms with van der Waals surface area (Å²) in [6.45, 7) is 0. The van der Waals surface area contributed by atoms with E-state index < -0.39 is 0 Å². The van der Waals surface area contributed by atoms with Crippen LogP contribution in [-0.2, 0) is 0 Å². The third-order valence-corrected chi connectivity index (χ3v) is 7.97. The van der Waals surface area contributed by atoms with Crippen molar-refractivity contribution in [3.63, 3.8) is 0 Å². The number of hydrogen-bond donors (Lipinski definition) is 3. The van der Waals surface area contributed by atoms with Gasteiger partial charge in [0.25, 0.3) is 0 Å². The van der Waals surface area contributed by atoms with Gasteiger partial charge in [0.15, 0.2) is 11.3 Å². The number of nitrogens with one attached hydrogen (secondary N) is 2. The van der Waals surface area contributed by atoms with Crippen LogP contribution in [0.2, 0.25) is 10.0 Å². The normalized spacial score (nSPS) is 10.8. The number of phenols is 1. The van der Waals surface area contributed by atoms with E-state index in [4.69, 9.17) is 32.9 Å². The molecule has 12 heteroatoms. The molecular weight excluding hydrogens is 659 g/mol. The van der Waals surface area contributed by atoms with Crippen LogP contribution in [0.15, 0.2) is 134 Å². The third kappa shape index (κ3) is 6.96. The number of benzene rings is 4. The van der Waals surface area contributed by atoms with E-state index in [-0.39, 0.29) is 5.75 Å². The predicted octanol–water partition coefficient (Wildman–Crippen LogP) is 9.30. The van der Waals surface area contributed by atoms with Crippen molar-refractivity contribution in [1.29, 1.82) is 0 Å². The molecule has 10 nitrogen and oxygen atoms in total. The molecule has 3 N–H and O–H groups in total. The van der Waals surface area contributed by atoms with Crippen molar-refractivity contribution < 1.29 is 9.84 Å². The topological polar surface area (TPSA) is 114 Å². The number of hydrogen-bond acceptors (Lipinski definition) is 8. The molecule has 0 bridgehead atoms. The van der Waals surface area contributed by atoms with Crippen LogP contribution in [0.25, 0.3) is 33.8 Å². The number of phenolic OH excluding ortho intramolecular Hbond substituents is 1. The zero-order valence-electron chi connectivity index (χ0n) is 26.0. The summed E-state index contributed by atoms with van der Waals surface area (Å²) in [4.78, 5) is 17.6. The molecule has 0 aliphatic carbocycles. The minimum Gasteiger partial charge on any atom is -0.508 e. The summed E-state index contributed by atoms with van der Waals surface area (Å²) in [6.07, 6.45) is 10.6. The number of halogens is 2. The molecule has 0 fully saturated rings. The molecule has 0 aliphatic heterocycles. The van der Waals surface area contributed by atoms with Gasteiger partial charge in [-0.1, -0.05) is 59.6 Å². The highest BCUT2D eigenvalue weighted by Gasteiger charge is 2.16. The smallest absolute Gasteiger partial charge is 0.157 e. The molecule has 0 radical (unpaired) electrons. The van der Waals surface area contributed by atoms with Crippen molar-refractivity contribution in [2.45, 2.75) is 0 Å². The fourth-order valence-corrected chi connectivity index (χ4v) is 5.67. The molecule has 0 atom stereocenters. The van der Waals surface area contributed by atoms with Crippen molar-refractivity contribution >= 4 is 57.5 Å². The van der Waals surface area contributed by atoms with E-state index >= 15 is 0 Å². The first kappa shape index (κ1) is 31.5. The Labute approximate surface area is 291 Å². The van der Waals surface area contributed by atoms with Gasteiger partial charge in [-0.05, 0) is 60.7 Å². The average Bonchev–Trinajstić information content (AvgIpc) is 3.67. The number of anilines is 4. The molecule has 0 unspecified atom stereocenters. The molecule has 0 amide bonds. The van der Waals surface area contributed by atoms with Gasteiger partial charge in [0.1, 0.15) is 34.5 Å². The molecular formula is C37H28Cl2N8O2. The minimum absolute atomic E-state index is 0.191. The number of nitrogens with zero attached hydrogens (tertiary/aromatic N) is 6. The first-order valence-corrected chi connectivity index (χ1v) is 15.8. The summed E-state index contributed by atoms with van der Waals surface area (Å²) < 4.78 is 9.21. The lowest BCUT2D eigenvalue weighted by molar-refractivity contribution is 0.415. The Hall–Kier alpha value is -6.10. The Kier molecular flexibility index (Phi) is 8.96. The zero-order valence-corrected chi connectivity index (χ0v) is 27.5. The van der Waals surface area contributed by atoms with E-state index in [0.717, 1.165) is 56.9 Å². The summed E-state index contributed by atoms with van der Waals surface area (Å²) in [5, 5.41) is 17.9. The number of ether oxygens (including phenoxy) is 1. The number of imidazole rings is 2. The largest absolute Gasteiger partial charge is 0.508 e. The maximum absolute atomic E-state index is 9.78. The highest BCUT2D eigenvalue weighted by molar-refractivity contribution is 6.31. The Balaban J connectivity index is 0.000000154. The van der Waals surface area contributed by atoms with Gasteiger partial charge >= 0.3 is 0 Å². The minimum atomic E-state index is 0.191. The Morgan fingerprint density at radius 2 is 1.14 bits per heavy atom. The molecule has 4 aromatic heterocycles. The lowest BCUT2D eigenvalue weighted by atomic mass is 10.1. The van der Waals surface area contributed by atoms with Crippen molar-refractivity contribution in [2.24, 2.45) is 0 Å². The van der Waals surface area contributed by atoms with Gasteiger partial charge in [-0.25, -0.2) is 9.97 Å². The number of aromatic hydroxyl groups is 1. The molecule has 4 heterocycles. The van der Waals surface area contributed by atoms with Crippen molar-refractivity contribution in [3.8, 4) is 34.0 Å². The van der Waals surface area contributed by atoms with Gasteiger partial charge in [-0.3, -0.25) is 18.8 Å². The number of fused-ring (bicyclic) bond motifs is 2. The van der Waals surface area contributed by atoms with E-state index in [9.17, 15) is 5.11 Å². The third-order valence-electron chi connectivity index (χ3n) is 7.50. The van der Waals surface area contributed by atoms with Gasteiger partial charge in [0.2, 0.25) is 0 Å². The van der Waals surface area contributed by atoms with Crippen LogP contribution < -0.4 is 15.4 Å². The molecule has 4 aromatic carbocycles. The maximum atomic E-state index is 9.78. The van der Waals surface area contributed by atoms with Crippen molar-refractivity contribution in [3.05, 3.63) is 144 Å². The number of methoxy groups -OCH3 is 1. The van der Waals surface area contributed by atoms with Crippen molar-refractivity contribution in [2.75, 3.05) is 17.7 Å². The summed E-state index contributed by atoms with van der Waals surface area (Å²) in [7, 11) is 1.65. The van der Waals surface area contributed by atoms with Gasteiger partial charge < -0.3 is 20.5 Å². The van der Waals surface area contributed by atoms with Crippen LogP contribution in [0.3, 0.4) is 0 Å². The fraction of sp³-hybridized carbons (Fsp3) is 0.0270. The molecule has 0 saturated heterocycles. The summed E-state index contributed by atoms with van der Waals surface area (Å²) >= 11 is 12.2. The van der Waals surface area contributed by atoms with Crippen LogP contribution in [-0.4, -0.2) is 41.0 Å². The summed E-state index contributed by atoms with van der Waals surface area (Å²) in [5.74, 6) is 2.59. The fourth-order valence-electron chi connectivity index (χ4n) is 5.28. The number of aromatic nitrogens is 6. The highest BCUT2D eigenvalue weighted by atomic mass is 35.5. The molecule has 0 saturated carbocycles. The van der Waals surface area contributed by atoms with Crippen molar-refractivity contribution in [1.82, 2.24) is 28.7 Å². The standard InChI is InChI=1S/C19H15ClN4O.C18H13ClN4O/c1-25-16-7-2-4-13(10-16)18-19(22-15-6-3-5-14(20)11-15)24-9-8-21-12-17(24)23-18;19-13-4-2-5-14(10-13)21-18-17(12-3-1-6-15(24)9-12)22-16-11-20-7-8-23(16)18/h2-12,22H,1H3;1-11,21,24H. The van der Waals surface area contributed by atoms with Crippen LogP contribution in [0, 0.1) is 0 Å². The summed E-state index contributed by atoms with van der Waals surface area (Å²) in [5.41, 5.74) is 6.49. The van der Waals surface area contributed by atoms with Crippen LogP contribution in [0.1, 0.15) is 0 Å². The average molecular weight is 688 g/mol. The number of rotatable bonds is 7. The maximum Gasteiger partial charge on any atom is 0.157 e. The SMILES string of the molecule is COc1cccc(-c2nc3cnccn3c2Nc2cccc(Cl)c2)c1.Oc1cccc(-c2nc3cnccn3c2Nc2cccc(Cl)c2)c1. The van der Waals surface area contributed by atoms with Crippen LogP contribution in [0.5, 0.6) is 11.5 Å². The zero-order chi connectivity index (χ0) is 33.7. The first-order chi connectivity index (χ1) is 23.9. The van der Waals surface area contributed by atoms with Gasteiger partial charge in [-0.2, -0.15) is 0 Å². The van der Waals surface area contributed by atoms with E-state index in [1.807, 2.05) is 100 Å². The van der Waals surface area contributed by atoms with E-state index in [1.54, 1.807) is 50.1 Å². The lowest BCUT2D eigenvalue weighted by Gasteiger charge is -2.10. The van der Waals surface area contributed by atoms with Gasteiger partial charge in [0.05, 0.1) is 19.5 Å². The molecule has 49 heavy (non-hydrogen) atoms. The highest BCUT2D eigenvalue weighted by Crippen LogP contribution is 2.34. The van der Waals surface area contributed by atoms with Crippen LogP contribution >= 0.6 is 23.2 Å². The molecule has 0 aliphatic rings. The molecule has 8 rings (SSSR count). The molecule has 0 spiro atoms. The quantitative estimate of drug-likeness (QED) is 0.152. The predicted molar refractivity (Wildman–Crippen MR) is 195 cm³/mol. The van der Waals surface area contributed by atoms with E-state index in [2.05, 4.69) is 25.6 Å². The first-order valence-electron chi connectivity index (χ1n) is 15.1. The second-order valence-electron chi connectivity index (χ2n) is 10.8. The van der Waals surface area contributed by atoms with Crippen LogP contribution in [0.4, 0.5) is 23.0 Å². The monoisotopic (exact) mass is 686 g/mol. The van der Waals surface area contributed by atoms with E-state index in [1.165, 1.54) is 0 Å².